The quantitative estimate of drug-likeness (QED) is 0.631. The number of aliphatic hydroxyl groups is 2. The molecule has 0 heterocycles. The second-order valence-electron chi connectivity index (χ2n) is 12.3. The van der Waals surface area contributed by atoms with Gasteiger partial charge in [-0.2, -0.15) is 0 Å². The summed E-state index contributed by atoms with van der Waals surface area (Å²) in [6, 6.07) is 0. The van der Waals surface area contributed by atoms with Crippen molar-refractivity contribution in [2.45, 2.75) is 98.2 Å². The van der Waals surface area contributed by atoms with Crippen LogP contribution in [0.1, 0.15) is 86.0 Å². The summed E-state index contributed by atoms with van der Waals surface area (Å²) in [7, 11) is 0. The third-order valence-electron chi connectivity index (χ3n) is 10.5. The Morgan fingerprint density at radius 2 is 1.83 bits per heavy atom. The molecule has 0 aromatic carbocycles. The second kappa shape index (κ2) is 8.03. The summed E-state index contributed by atoms with van der Waals surface area (Å²) in [6.45, 7) is 11.5. The summed E-state index contributed by atoms with van der Waals surface area (Å²) in [5, 5.41) is 21.6. The van der Waals surface area contributed by atoms with Crippen molar-refractivity contribution >= 4 is 5.78 Å². The molecule has 0 aromatic heterocycles. The lowest BCUT2D eigenvalue weighted by Crippen LogP contribution is -2.57. The van der Waals surface area contributed by atoms with E-state index in [9.17, 15) is 15.0 Å². The number of hydrogen-bond donors (Lipinski definition) is 2. The van der Waals surface area contributed by atoms with E-state index in [-0.39, 0.29) is 23.4 Å². The lowest BCUT2D eigenvalue weighted by molar-refractivity contribution is -0.147. The van der Waals surface area contributed by atoms with Gasteiger partial charge in [-0.15, -0.1) is 0 Å². The first-order valence-electron chi connectivity index (χ1n) is 12.7. The predicted octanol–water partition coefficient (Wildman–Crippen LogP) is 5.39. The first kappa shape index (κ1) is 22.5. The lowest BCUT2D eigenvalue weighted by Gasteiger charge is -2.60. The van der Waals surface area contributed by atoms with Crippen LogP contribution in [-0.4, -0.2) is 28.2 Å². The first-order chi connectivity index (χ1) is 14.1. The Bertz CT molecular complexity index is 684. The standard InChI is InChI=1S/C27H44O3/c1-16(2)23(29)9-6-17(3)20-7-8-21-25-22(11-13-27(20,21)5)26(4)12-10-19(28)14-18(26)15-24(25)30/h10,12,16-18,20-25,29-30H,6-9,11,13-15H2,1-5H3/t17-,18-,20-,21+,22+,23-,24-,25+,26+,27-/m1/s1. The molecule has 4 rings (SSSR count). The first-order valence-corrected chi connectivity index (χ1v) is 12.7. The predicted molar refractivity (Wildman–Crippen MR) is 121 cm³/mol. The van der Waals surface area contributed by atoms with E-state index in [0.717, 1.165) is 19.3 Å². The maximum atomic E-state index is 12.0. The Kier molecular flexibility index (Phi) is 6.03. The van der Waals surface area contributed by atoms with Gasteiger partial charge in [0.1, 0.15) is 0 Å². The average Bonchev–Trinajstić information content (AvgIpc) is 3.04. The van der Waals surface area contributed by atoms with Crippen molar-refractivity contribution in [3.05, 3.63) is 12.2 Å². The number of carbonyl (C=O) groups excluding carboxylic acids is 1. The number of ketones is 1. The normalized spacial score (nSPS) is 47.5. The van der Waals surface area contributed by atoms with Gasteiger partial charge >= 0.3 is 0 Å². The summed E-state index contributed by atoms with van der Waals surface area (Å²) >= 11 is 0. The fraction of sp³-hybridized carbons (Fsp3) is 0.889. The minimum atomic E-state index is -0.256. The Morgan fingerprint density at radius 3 is 2.53 bits per heavy atom. The fourth-order valence-corrected chi connectivity index (χ4v) is 8.55. The van der Waals surface area contributed by atoms with Gasteiger partial charge in [-0.05, 0) is 103 Å². The molecular formula is C27H44O3. The highest BCUT2D eigenvalue weighted by molar-refractivity contribution is 5.91. The molecule has 0 unspecified atom stereocenters. The SMILES string of the molecule is CC(C)[C@H](O)CC[C@@H](C)[C@H]1CC[C@H]2[C@@H]3[C@H](O)C[C@H]4CC(=O)C=C[C@]4(C)[C@H]3CC[C@]12C. The molecule has 3 fully saturated rings. The van der Waals surface area contributed by atoms with Gasteiger partial charge < -0.3 is 10.2 Å². The molecule has 4 aliphatic rings. The van der Waals surface area contributed by atoms with E-state index in [1.807, 2.05) is 6.08 Å². The van der Waals surface area contributed by atoms with E-state index < -0.39 is 0 Å². The molecule has 4 aliphatic carbocycles. The number of allylic oxidation sites excluding steroid dienone is 2. The summed E-state index contributed by atoms with van der Waals surface area (Å²) < 4.78 is 0. The highest BCUT2D eigenvalue weighted by atomic mass is 16.3. The molecule has 30 heavy (non-hydrogen) atoms. The number of hydrogen-bond acceptors (Lipinski definition) is 3. The monoisotopic (exact) mass is 416 g/mol. The minimum absolute atomic E-state index is 0.0736. The van der Waals surface area contributed by atoms with Crippen LogP contribution in [0.15, 0.2) is 12.2 Å². The Morgan fingerprint density at radius 1 is 1.10 bits per heavy atom. The van der Waals surface area contributed by atoms with Crippen molar-refractivity contribution in [2.24, 2.45) is 52.3 Å². The summed E-state index contributed by atoms with van der Waals surface area (Å²) in [5.74, 6) is 3.68. The Balaban J connectivity index is 1.53. The van der Waals surface area contributed by atoms with Gasteiger partial charge in [0.2, 0.25) is 0 Å². The van der Waals surface area contributed by atoms with Gasteiger partial charge in [-0.25, -0.2) is 0 Å². The highest BCUT2D eigenvalue weighted by Crippen LogP contribution is 2.67. The molecule has 3 saturated carbocycles. The molecule has 0 radical (unpaired) electrons. The van der Waals surface area contributed by atoms with Gasteiger partial charge in [-0.1, -0.05) is 40.7 Å². The van der Waals surface area contributed by atoms with E-state index in [1.165, 1.54) is 25.7 Å². The fourth-order valence-electron chi connectivity index (χ4n) is 8.55. The summed E-state index contributed by atoms with van der Waals surface area (Å²) in [4.78, 5) is 12.0. The van der Waals surface area contributed by atoms with Gasteiger partial charge in [0.25, 0.3) is 0 Å². The van der Waals surface area contributed by atoms with Crippen molar-refractivity contribution in [2.75, 3.05) is 0 Å². The molecule has 3 nitrogen and oxygen atoms in total. The van der Waals surface area contributed by atoms with Crippen LogP contribution in [0.2, 0.25) is 0 Å². The number of rotatable bonds is 5. The molecule has 2 N–H and O–H groups in total. The van der Waals surface area contributed by atoms with Gasteiger partial charge in [0, 0.05) is 6.42 Å². The van der Waals surface area contributed by atoms with Crippen LogP contribution in [0.3, 0.4) is 0 Å². The van der Waals surface area contributed by atoms with E-state index in [4.69, 9.17) is 0 Å². The Hall–Kier alpha value is -0.670. The van der Waals surface area contributed by atoms with E-state index in [0.29, 0.717) is 53.3 Å². The number of fused-ring (bicyclic) bond motifs is 5. The molecule has 3 heteroatoms. The summed E-state index contributed by atoms with van der Waals surface area (Å²) in [6.07, 6.45) is 12.0. The molecule has 10 atom stereocenters. The van der Waals surface area contributed by atoms with E-state index in [2.05, 4.69) is 40.7 Å². The third kappa shape index (κ3) is 3.52. The van der Waals surface area contributed by atoms with Crippen LogP contribution >= 0.6 is 0 Å². The van der Waals surface area contributed by atoms with Crippen molar-refractivity contribution in [1.82, 2.24) is 0 Å². The van der Waals surface area contributed by atoms with Crippen LogP contribution in [0.25, 0.3) is 0 Å². The zero-order valence-corrected chi connectivity index (χ0v) is 19.8. The zero-order chi connectivity index (χ0) is 21.8. The second-order valence-corrected chi connectivity index (χ2v) is 12.3. The van der Waals surface area contributed by atoms with Crippen LogP contribution in [0, 0.1) is 52.3 Å². The van der Waals surface area contributed by atoms with E-state index >= 15 is 0 Å². The largest absolute Gasteiger partial charge is 0.393 e. The maximum absolute atomic E-state index is 12.0. The zero-order valence-electron chi connectivity index (χ0n) is 19.8. The highest BCUT2D eigenvalue weighted by Gasteiger charge is 2.62. The molecule has 0 spiro atoms. The van der Waals surface area contributed by atoms with Gasteiger partial charge in [0.15, 0.2) is 5.78 Å². The Labute approximate surface area is 183 Å². The van der Waals surface area contributed by atoms with Gasteiger partial charge in [0.05, 0.1) is 12.2 Å². The van der Waals surface area contributed by atoms with Crippen LogP contribution in [-0.2, 0) is 4.79 Å². The van der Waals surface area contributed by atoms with Crippen molar-refractivity contribution < 1.29 is 15.0 Å². The topological polar surface area (TPSA) is 57.5 Å². The van der Waals surface area contributed by atoms with Gasteiger partial charge in [-0.3, -0.25) is 4.79 Å². The number of aliphatic hydroxyl groups excluding tert-OH is 2. The van der Waals surface area contributed by atoms with Crippen molar-refractivity contribution in [1.29, 1.82) is 0 Å². The van der Waals surface area contributed by atoms with E-state index in [1.54, 1.807) is 0 Å². The van der Waals surface area contributed by atoms with Crippen LogP contribution in [0.4, 0.5) is 0 Å². The molecule has 0 amide bonds. The van der Waals surface area contributed by atoms with Crippen LogP contribution in [0.5, 0.6) is 0 Å². The molecular weight excluding hydrogens is 372 g/mol. The average molecular weight is 417 g/mol. The lowest BCUT2D eigenvalue weighted by atomic mass is 9.45. The maximum Gasteiger partial charge on any atom is 0.155 e. The molecule has 170 valence electrons. The number of carbonyl (C=O) groups is 1. The van der Waals surface area contributed by atoms with Crippen molar-refractivity contribution in [3.63, 3.8) is 0 Å². The van der Waals surface area contributed by atoms with Crippen LogP contribution < -0.4 is 0 Å². The molecule has 0 aliphatic heterocycles. The third-order valence-corrected chi connectivity index (χ3v) is 10.5. The molecule has 0 bridgehead atoms. The van der Waals surface area contributed by atoms with Crippen molar-refractivity contribution in [3.8, 4) is 0 Å². The minimum Gasteiger partial charge on any atom is -0.393 e. The molecule has 0 aromatic rings. The smallest absolute Gasteiger partial charge is 0.155 e. The summed E-state index contributed by atoms with van der Waals surface area (Å²) in [5.41, 5.74) is 0.381. The molecule has 0 saturated heterocycles.